The molecule has 0 saturated carbocycles. The van der Waals surface area contributed by atoms with Crippen molar-refractivity contribution in [1.29, 1.82) is 0 Å². The van der Waals surface area contributed by atoms with Gasteiger partial charge >= 0.3 is 12.1 Å². The van der Waals surface area contributed by atoms with E-state index >= 15 is 0 Å². The Morgan fingerprint density at radius 3 is 2.83 bits per heavy atom. The van der Waals surface area contributed by atoms with E-state index in [1.165, 1.54) is 31.1 Å². The molecule has 0 aliphatic carbocycles. The average molecular weight is 408 g/mol. The Balaban J connectivity index is 2.21. The van der Waals surface area contributed by atoms with Gasteiger partial charge in [-0.3, -0.25) is 19.5 Å². The van der Waals surface area contributed by atoms with Gasteiger partial charge in [-0.1, -0.05) is 0 Å². The summed E-state index contributed by atoms with van der Waals surface area (Å²) in [6.07, 6.45) is -1.23. The summed E-state index contributed by atoms with van der Waals surface area (Å²) in [6.45, 7) is 4.45. The van der Waals surface area contributed by atoms with E-state index in [-0.39, 0.29) is 36.1 Å². The van der Waals surface area contributed by atoms with Crippen LogP contribution in [0.15, 0.2) is 28.4 Å². The van der Waals surface area contributed by atoms with E-state index in [4.69, 9.17) is 10.6 Å². The smallest absolute Gasteiger partial charge is 0.414 e. The van der Waals surface area contributed by atoms with Crippen molar-refractivity contribution in [2.45, 2.75) is 13.0 Å². The third-order valence-electron chi connectivity index (χ3n) is 3.92. The van der Waals surface area contributed by atoms with Crippen LogP contribution in [-0.4, -0.2) is 68.4 Å². The highest BCUT2D eigenvalue weighted by Crippen LogP contribution is 2.24. The molecule has 0 spiro atoms. The molecule has 1 fully saturated rings. The maximum atomic E-state index is 14.8. The third kappa shape index (κ3) is 5.48. The number of ether oxygens (including phenoxy) is 2. The number of esters is 1. The van der Waals surface area contributed by atoms with E-state index in [1.807, 2.05) is 0 Å². The molecule has 0 aromatic heterocycles. The van der Waals surface area contributed by atoms with Crippen LogP contribution < -0.4 is 16.1 Å². The van der Waals surface area contributed by atoms with Crippen molar-refractivity contribution in [3.05, 3.63) is 29.6 Å². The summed E-state index contributed by atoms with van der Waals surface area (Å²) in [7, 11) is 1.18. The van der Waals surface area contributed by atoms with Crippen molar-refractivity contribution in [2.75, 3.05) is 31.6 Å². The molecule has 1 saturated heterocycles. The van der Waals surface area contributed by atoms with Gasteiger partial charge in [0.15, 0.2) is 5.84 Å². The molecule has 11 nitrogen and oxygen atoms in total. The average Bonchev–Trinajstić information content (AvgIpc) is 3.05. The lowest BCUT2D eigenvalue weighted by Gasteiger charge is -2.20. The van der Waals surface area contributed by atoms with Crippen LogP contribution in [0.25, 0.3) is 0 Å². The zero-order chi connectivity index (χ0) is 21.6. The SMILES string of the molecule is C=N/N=C(/c1ccc(N2C[C@H](CNC(C)=O)OC2=O)cc1F)N(N)CC(=O)OC. The largest absolute Gasteiger partial charge is 0.468 e. The van der Waals surface area contributed by atoms with Crippen LogP contribution in [0.1, 0.15) is 12.5 Å². The molecule has 1 aliphatic rings. The van der Waals surface area contributed by atoms with E-state index in [1.54, 1.807) is 0 Å². The van der Waals surface area contributed by atoms with Gasteiger partial charge in [0.05, 0.1) is 31.5 Å². The zero-order valence-corrected chi connectivity index (χ0v) is 15.9. The Morgan fingerprint density at radius 1 is 1.52 bits per heavy atom. The molecule has 2 amide bonds. The first-order chi connectivity index (χ1) is 13.8. The van der Waals surface area contributed by atoms with Gasteiger partial charge in [0.25, 0.3) is 0 Å². The van der Waals surface area contributed by atoms with Crippen LogP contribution >= 0.6 is 0 Å². The molecule has 0 bridgehead atoms. The third-order valence-corrected chi connectivity index (χ3v) is 3.92. The van der Waals surface area contributed by atoms with E-state index in [0.717, 1.165) is 11.1 Å². The number of hydrogen-bond donors (Lipinski definition) is 2. The monoisotopic (exact) mass is 408 g/mol. The summed E-state index contributed by atoms with van der Waals surface area (Å²) in [6, 6.07) is 3.90. The summed E-state index contributed by atoms with van der Waals surface area (Å²) in [5.41, 5.74) is 0.180. The number of halogens is 1. The highest BCUT2D eigenvalue weighted by atomic mass is 19.1. The Morgan fingerprint density at radius 2 is 2.24 bits per heavy atom. The summed E-state index contributed by atoms with van der Waals surface area (Å²) in [5, 5.41) is 10.4. The van der Waals surface area contributed by atoms with E-state index in [9.17, 15) is 18.8 Å². The fourth-order valence-electron chi connectivity index (χ4n) is 2.56. The molecule has 3 N–H and O–H groups in total. The molecule has 156 valence electrons. The van der Waals surface area contributed by atoms with Crippen molar-refractivity contribution in [2.24, 2.45) is 16.0 Å². The van der Waals surface area contributed by atoms with Gasteiger partial charge in [0.1, 0.15) is 18.5 Å². The molecule has 1 heterocycles. The van der Waals surface area contributed by atoms with Crippen LogP contribution in [-0.2, 0) is 19.1 Å². The maximum absolute atomic E-state index is 14.8. The number of amides is 2. The molecule has 2 rings (SSSR count). The molecular weight excluding hydrogens is 387 g/mol. The predicted octanol–water partition coefficient (Wildman–Crippen LogP) is -0.00210. The topological polar surface area (TPSA) is 139 Å². The minimum atomic E-state index is -0.761. The molecule has 1 atom stereocenters. The van der Waals surface area contributed by atoms with Crippen LogP contribution in [0.3, 0.4) is 0 Å². The summed E-state index contributed by atoms with van der Waals surface area (Å²) in [4.78, 5) is 35.7. The van der Waals surface area contributed by atoms with Crippen molar-refractivity contribution >= 4 is 36.2 Å². The predicted molar refractivity (Wildman–Crippen MR) is 102 cm³/mol. The fourth-order valence-corrected chi connectivity index (χ4v) is 2.56. The second-order valence-electron chi connectivity index (χ2n) is 5.99. The highest BCUT2D eigenvalue weighted by Gasteiger charge is 2.33. The number of hydrazine groups is 1. The minimum absolute atomic E-state index is 0.0603. The Labute approximate surface area is 165 Å². The fraction of sp³-hybridized carbons (Fsp3) is 0.353. The molecule has 12 heteroatoms. The number of carbonyl (C=O) groups excluding carboxylic acids is 3. The van der Waals surface area contributed by atoms with E-state index < -0.39 is 30.5 Å². The highest BCUT2D eigenvalue weighted by molar-refractivity contribution is 6.00. The normalized spacial score (nSPS) is 16.3. The number of nitrogens with two attached hydrogens (primary N) is 1. The van der Waals surface area contributed by atoms with Gasteiger partial charge in [-0.25, -0.2) is 15.0 Å². The minimum Gasteiger partial charge on any atom is -0.468 e. The van der Waals surface area contributed by atoms with Gasteiger partial charge in [-0.2, -0.15) is 5.10 Å². The number of cyclic esters (lactones) is 1. The summed E-state index contributed by atoms with van der Waals surface area (Å²) in [5.74, 6) is 3.94. The number of nitrogens with one attached hydrogen (secondary N) is 1. The molecule has 0 unspecified atom stereocenters. The quantitative estimate of drug-likeness (QED) is 0.213. The number of anilines is 1. The molecule has 29 heavy (non-hydrogen) atoms. The van der Waals surface area contributed by atoms with Gasteiger partial charge in [0.2, 0.25) is 5.91 Å². The van der Waals surface area contributed by atoms with E-state index in [0.29, 0.717) is 0 Å². The van der Waals surface area contributed by atoms with Crippen LogP contribution in [0, 0.1) is 5.82 Å². The van der Waals surface area contributed by atoms with E-state index in [2.05, 4.69) is 27.0 Å². The van der Waals surface area contributed by atoms with Gasteiger partial charge in [-0.15, -0.1) is 5.10 Å². The number of nitrogens with zero attached hydrogens (tertiary/aromatic N) is 4. The first-order valence-electron chi connectivity index (χ1n) is 8.42. The number of hydrogen-bond acceptors (Lipinski definition) is 8. The Bertz CT molecular complexity index is 846. The molecule has 1 aromatic carbocycles. The number of methoxy groups -OCH3 is 1. The van der Waals surface area contributed by atoms with Crippen LogP contribution in [0.2, 0.25) is 0 Å². The van der Waals surface area contributed by atoms with Crippen molar-refractivity contribution < 1.29 is 28.2 Å². The first kappa shape index (κ1) is 21.8. The van der Waals surface area contributed by atoms with Crippen molar-refractivity contribution in [3.63, 3.8) is 0 Å². The lowest BCUT2D eigenvalue weighted by Crippen LogP contribution is -2.42. The van der Waals surface area contributed by atoms with Gasteiger partial charge < -0.3 is 14.8 Å². The molecule has 1 aromatic rings. The standard InChI is InChI=1S/C17H21FN6O5/c1-10(25)21-7-12-8-23(17(27)29-12)11-4-5-13(14(18)6-11)16(22-20-2)24(19)9-15(26)28-3/h4-6,12H,2,7-9,19H2,1,3H3,(H,21,25)/b22-16-/t12-/m0/s1. The van der Waals surface area contributed by atoms with Crippen molar-refractivity contribution in [3.8, 4) is 0 Å². The van der Waals surface area contributed by atoms with Gasteiger partial charge in [-0.05, 0) is 18.2 Å². The summed E-state index contributed by atoms with van der Waals surface area (Å²) >= 11 is 0. The molecule has 1 aliphatic heterocycles. The Kier molecular flexibility index (Phi) is 7.20. The van der Waals surface area contributed by atoms with Crippen molar-refractivity contribution in [1.82, 2.24) is 10.3 Å². The number of amidine groups is 1. The van der Waals surface area contributed by atoms with Gasteiger partial charge in [0, 0.05) is 13.6 Å². The number of benzene rings is 1. The van der Waals surface area contributed by atoms with Crippen LogP contribution in [0.5, 0.6) is 0 Å². The maximum Gasteiger partial charge on any atom is 0.414 e. The zero-order valence-electron chi connectivity index (χ0n) is 15.9. The lowest BCUT2D eigenvalue weighted by atomic mass is 10.1. The second kappa shape index (κ2) is 9.59. The molecule has 0 radical (unpaired) electrons. The van der Waals surface area contributed by atoms with Crippen LogP contribution in [0.4, 0.5) is 14.9 Å². The second-order valence-corrected chi connectivity index (χ2v) is 5.99. The number of carbonyl (C=O) groups is 3. The Hall–Kier alpha value is -3.54. The number of rotatable bonds is 7. The first-order valence-corrected chi connectivity index (χ1v) is 8.42. The molecular formula is C17H21FN6O5. The summed E-state index contributed by atoms with van der Waals surface area (Å²) < 4.78 is 24.4. The lowest BCUT2D eigenvalue weighted by molar-refractivity contribution is -0.141.